The Morgan fingerprint density at radius 3 is 2.30 bits per heavy atom. The lowest BCUT2D eigenvalue weighted by molar-refractivity contribution is -0.126. The molecule has 0 bridgehead atoms. The number of unbranched alkanes of at least 4 members (excludes halogenated alkanes) is 6. The molecule has 0 radical (unpaired) electrons. The minimum absolute atomic E-state index is 0.112. The van der Waals surface area contributed by atoms with Crippen LogP contribution in [0.25, 0.3) is 17.0 Å². The van der Waals surface area contributed by atoms with Crippen LogP contribution in [0.3, 0.4) is 0 Å². The summed E-state index contributed by atoms with van der Waals surface area (Å²) in [4.78, 5) is 26.5. The van der Waals surface area contributed by atoms with Gasteiger partial charge in [0.25, 0.3) is 10.1 Å². The number of fused-ring (bicyclic) bond motifs is 1. The highest BCUT2D eigenvalue weighted by Crippen LogP contribution is 2.34. The Bertz CT molecular complexity index is 1550. The Kier molecular flexibility index (Phi) is 12.1. The number of nitrogens with zero attached hydrogens (tertiary/aromatic N) is 3. The topological polar surface area (TPSA) is 148 Å². The van der Waals surface area contributed by atoms with Gasteiger partial charge < -0.3 is 10.6 Å². The first-order valence-electron chi connectivity index (χ1n) is 15.6. The molecule has 44 heavy (non-hydrogen) atoms. The molecule has 0 fully saturated rings. The highest BCUT2D eigenvalue weighted by atomic mass is 32.2. The third-order valence-electron chi connectivity index (χ3n) is 8.01. The summed E-state index contributed by atoms with van der Waals surface area (Å²) in [5, 5.41) is 18.0. The quantitative estimate of drug-likeness (QED) is 0.132. The van der Waals surface area contributed by atoms with Crippen molar-refractivity contribution in [3.8, 4) is 11.4 Å². The van der Waals surface area contributed by atoms with Gasteiger partial charge in [0.2, 0.25) is 11.8 Å². The zero-order valence-electron chi connectivity index (χ0n) is 27.6. The Morgan fingerprint density at radius 2 is 1.66 bits per heavy atom. The van der Waals surface area contributed by atoms with Gasteiger partial charge in [0.05, 0.1) is 12.9 Å². The second-order valence-corrected chi connectivity index (χ2v) is 14.6. The molecule has 3 N–H and O–H groups in total. The molecule has 1 unspecified atom stereocenters. The average molecular weight is 631 g/mol. The summed E-state index contributed by atoms with van der Waals surface area (Å²) in [6, 6.07) is 2.89. The fraction of sp³-hybridized carbons (Fsp3) is 0.625. The highest BCUT2D eigenvalue weighted by molar-refractivity contribution is 7.86. The number of benzene rings is 1. The van der Waals surface area contributed by atoms with E-state index in [4.69, 9.17) is 0 Å². The molecule has 0 aliphatic heterocycles. The minimum atomic E-state index is -3.83. The van der Waals surface area contributed by atoms with Crippen LogP contribution in [-0.2, 0) is 29.3 Å². The summed E-state index contributed by atoms with van der Waals surface area (Å²) < 4.78 is 30.6. The smallest absolute Gasteiger partial charge is 0.267 e. The van der Waals surface area contributed by atoms with E-state index in [2.05, 4.69) is 57.8 Å². The van der Waals surface area contributed by atoms with Gasteiger partial charge in [0.1, 0.15) is 6.04 Å². The number of carbonyl (C=O) groups is 2. The van der Waals surface area contributed by atoms with Crippen molar-refractivity contribution in [3.05, 3.63) is 34.5 Å². The summed E-state index contributed by atoms with van der Waals surface area (Å²) in [5.41, 5.74) is 5.58. The van der Waals surface area contributed by atoms with E-state index in [0.29, 0.717) is 23.6 Å². The Hall–Kier alpha value is -3.25. The molecule has 0 saturated heterocycles. The maximum absolute atomic E-state index is 13.6. The molecule has 1 atom stereocenters. The van der Waals surface area contributed by atoms with Crippen molar-refractivity contribution in [1.82, 2.24) is 25.1 Å². The van der Waals surface area contributed by atoms with Crippen molar-refractivity contribution in [2.45, 2.75) is 118 Å². The molecule has 2 aromatic heterocycles. The monoisotopic (exact) mass is 630 g/mol. The predicted octanol–water partition coefficient (Wildman–Crippen LogP) is 5.88. The normalized spacial score (nSPS) is 12.9. The number of hydrogen-bond acceptors (Lipinski definition) is 7. The lowest BCUT2D eigenvalue weighted by atomic mass is 9.93. The van der Waals surface area contributed by atoms with Crippen LogP contribution in [0.4, 0.5) is 5.69 Å². The molecule has 0 aliphatic carbocycles. The van der Waals surface area contributed by atoms with E-state index >= 15 is 0 Å². The van der Waals surface area contributed by atoms with Crippen molar-refractivity contribution in [3.63, 3.8) is 0 Å². The first kappa shape index (κ1) is 35.2. The molecular formula is C32H50N6O5S. The molecule has 244 valence electrons. The largest absolute Gasteiger partial charge is 0.344 e. The number of amides is 2. The Morgan fingerprint density at radius 1 is 1.00 bits per heavy atom. The van der Waals surface area contributed by atoms with Crippen LogP contribution in [-0.4, -0.2) is 58.9 Å². The van der Waals surface area contributed by atoms with Gasteiger partial charge in [-0.1, -0.05) is 72.3 Å². The molecule has 1 aromatic carbocycles. The van der Waals surface area contributed by atoms with Gasteiger partial charge in [-0.25, -0.2) is 4.52 Å². The molecule has 0 saturated carbocycles. The molecule has 2 heterocycles. The van der Waals surface area contributed by atoms with E-state index in [0.717, 1.165) is 54.3 Å². The van der Waals surface area contributed by atoms with E-state index in [-0.39, 0.29) is 24.2 Å². The molecule has 0 spiro atoms. The Labute approximate surface area is 262 Å². The number of anilines is 1. The summed E-state index contributed by atoms with van der Waals surface area (Å²) in [7, 11) is -2.75. The second kappa shape index (κ2) is 15.2. The SMILES string of the molecule is CCCCCCCCCC(=O)NC(CCS(=O)(=O)OC)C(=O)Nc1c(C)cc(C)c(-c2nnc3cc(C(C)(C)C)[nH]n23)c1C. The number of carbonyl (C=O) groups excluding carboxylic acids is 2. The van der Waals surface area contributed by atoms with Crippen LogP contribution >= 0.6 is 0 Å². The zero-order valence-corrected chi connectivity index (χ0v) is 28.4. The van der Waals surface area contributed by atoms with Crippen LogP contribution in [0.5, 0.6) is 0 Å². The summed E-state index contributed by atoms with van der Waals surface area (Å²) in [6.45, 7) is 14.3. The molecule has 0 aliphatic rings. The van der Waals surface area contributed by atoms with Crippen LogP contribution in [0, 0.1) is 20.8 Å². The maximum Gasteiger partial charge on any atom is 0.267 e. The number of aromatic amines is 1. The van der Waals surface area contributed by atoms with Crippen LogP contribution in [0.15, 0.2) is 12.1 Å². The van der Waals surface area contributed by atoms with Gasteiger partial charge in [0, 0.05) is 34.8 Å². The predicted molar refractivity (Wildman–Crippen MR) is 174 cm³/mol. The average Bonchev–Trinajstić information content (AvgIpc) is 3.55. The summed E-state index contributed by atoms with van der Waals surface area (Å²) in [6.07, 6.45) is 7.62. The number of hydrogen-bond donors (Lipinski definition) is 3. The maximum atomic E-state index is 13.6. The van der Waals surface area contributed by atoms with Crippen molar-refractivity contribution in [2.24, 2.45) is 0 Å². The second-order valence-electron chi connectivity index (χ2n) is 12.7. The van der Waals surface area contributed by atoms with Crippen LogP contribution in [0.1, 0.15) is 108 Å². The van der Waals surface area contributed by atoms with Crippen molar-refractivity contribution in [1.29, 1.82) is 0 Å². The first-order valence-corrected chi connectivity index (χ1v) is 17.2. The van der Waals surface area contributed by atoms with Gasteiger partial charge in [-0.2, -0.15) is 8.42 Å². The number of rotatable bonds is 16. The number of nitrogens with one attached hydrogen (secondary N) is 3. The lowest BCUT2D eigenvalue weighted by Crippen LogP contribution is -2.45. The third-order valence-corrected chi connectivity index (χ3v) is 9.26. The molecule has 3 rings (SSSR count). The summed E-state index contributed by atoms with van der Waals surface area (Å²) in [5.74, 6) is -0.561. The van der Waals surface area contributed by atoms with Gasteiger partial charge in [-0.3, -0.25) is 18.9 Å². The lowest BCUT2D eigenvalue weighted by Gasteiger charge is -2.22. The van der Waals surface area contributed by atoms with Crippen molar-refractivity contribution >= 4 is 33.3 Å². The van der Waals surface area contributed by atoms with Crippen molar-refractivity contribution in [2.75, 3.05) is 18.2 Å². The van der Waals surface area contributed by atoms with E-state index in [1.165, 1.54) is 19.3 Å². The molecule has 3 aromatic rings. The molecule has 12 heteroatoms. The van der Waals surface area contributed by atoms with Gasteiger partial charge >= 0.3 is 0 Å². The summed E-state index contributed by atoms with van der Waals surface area (Å²) >= 11 is 0. The number of aryl methyl sites for hydroxylation is 2. The van der Waals surface area contributed by atoms with Crippen LogP contribution < -0.4 is 10.6 Å². The molecule has 2 amide bonds. The van der Waals surface area contributed by atoms with Gasteiger partial charge in [0.15, 0.2) is 11.5 Å². The fourth-order valence-corrected chi connectivity index (χ4v) is 6.07. The minimum Gasteiger partial charge on any atom is -0.344 e. The molecular weight excluding hydrogens is 580 g/mol. The van der Waals surface area contributed by atoms with E-state index < -0.39 is 27.8 Å². The third kappa shape index (κ3) is 9.13. The van der Waals surface area contributed by atoms with Gasteiger partial charge in [-0.15, -0.1) is 10.2 Å². The van der Waals surface area contributed by atoms with E-state index in [9.17, 15) is 18.0 Å². The van der Waals surface area contributed by atoms with Crippen LogP contribution in [0.2, 0.25) is 0 Å². The fourth-order valence-electron chi connectivity index (χ4n) is 5.38. The van der Waals surface area contributed by atoms with Gasteiger partial charge in [-0.05, 0) is 50.3 Å². The standard InChI is InChI=1S/C32H50N6O5S/c1-9-10-11-12-13-14-15-16-27(39)33-24(17-18-44(41,42)43-8)31(40)34-29-22(3)19-21(2)28(23(29)4)30-36-35-26-20-25(32(5,6)7)37-38(26)30/h19-20,24,37H,9-18H2,1-8H3,(H,33,39)(H,34,40). The molecule has 11 nitrogen and oxygen atoms in total. The Balaban J connectivity index is 1.83. The van der Waals surface area contributed by atoms with E-state index in [1.54, 1.807) is 0 Å². The van der Waals surface area contributed by atoms with Crippen molar-refractivity contribution < 1.29 is 22.2 Å². The van der Waals surface area contributed by atoms with E-state index in [1.807, 2.05) is 37.4 Å². The number of aromatic nitrogens is 4. The zero-order chi connectivity index (χ0) is 32.7. The highest BCUT2D eigenvalue weighted by Gasteiger charge is 2.27. The number of H-pyrrole nitrogens is 1. The first-order chi connectivity index (χ1) is 20.7.